The highest BCUT2D eigenvalue weighted by Crippen LogP contribution is 2.52. The molecule has 0 saturated heterocycles. The Hall–Kier alpha value is -6.44. The molecule has 1 nitrogen and oxygen atoms in total. The average Bonchev–Trinajstić information content (AvgIpc) is 3.30. The van der Waals surface area contributed by atoms with Crippen molar-refractivity contribution in [3.63, 3.8) is 0 Å². The van der Waals surface area contributed by atoms with E-state index in [-0.39, 0.29) is 0 Å². The Morgan fingerprint density at radius 2 is 0.796 bits per heavy atom. The standard InChI is InChI=1S/C48H31N/c1-2-15-35(16-3-1)49(37-30-25-32-13-4-5-14-34(32)31-37)36-28-26-33(27-29-36)46-43-21-10-11-22-44(43)47-41-20-9-8-19-39(41)38-17-6-7-18-40(38)42-23-12-24-45(46)48(42)47/h1-31H. The van der Waals surface area contributed by atoms with Crippen molar-refractivity contribution >= 4 is 49.4 Å². The van der Waals surface area contributed by atoms with E-state index in [2.05, 4.69) is 193 Å². The number of anilines is 3. The van der Waals surface area contributed by atoms with Gasteiger partial charge in [-0.2, -0.15) is 0 Å². The lowest BCUT2D eigenvalue weighted by Gasteiger charge is -2.26. The van der Waals surface area contributed by atoms with Crippen LogP contribution in [0.5, 0.6) is 0 Å². The van der Waals surface area contributed by atoms with Crippen LogP contribution >= 0.6 is 0 Å². The van der Waals surface area contributed by atoms with Gasteiger partial charge in [0.1, 0.15) is 0 Å². The van der Waals surface area contributed by atoms with Crippen LogP contribution in [0, 0.1) is 0 Å². The van der Waals surface area contributed by atoms with Crippen LogP contribution in [0.1, 0.15) is 0 Å². The number of benzene rings is 9. The molecule has 49 heavy (non-hydrogen) atoms. The average molecular weight is 622 g/mol. The van der Waals surface area contributed by atoms with Crippen LogP contribution in [0.15, 0.2) is 188 Å². The zero-order valence-corrected chi connectivity index (χ0v) is 26.8. The SMILES string of the molecule is c1ccc(N(c2ccc(-c3c4ccccc4c4c5c(cccc35)-c3ccccc3-c3ccccc3-4)cc2)c2ccc3ccccc3c2)cc1. The zero-order chi connectivity index (χ0) is 32.3. The second kappa shape index (κ2) is 11.1. The normalized spacial score (nSPS) is 11.7. The van der Waals surface area contributed by atoms with Gasteiger partial charge in [-0.25, -0.2) is 0 Å². The van der Waals surface area contributed by atoms with E-state index in [0.717, 1.165) is 17.1 Å². The molecule has 9 aromatic carbocycles. The van der Waals surface area contributed by atoms with Crippen molar-refractivity contribution in [2.45, 2.75) is 0 Å². The summed E-state index contributed by atoms with van der Waals surface area (Å²) in [4.78, 5) is 2.35. The van der Waals surface area contributed by atoms with Crippen LogP contribution in [-0.4, -0.2) is 0 Å². The number of rotatable bonds is 4. The first-order valence-corrected chi connectivity index (χ1v) is 16.9. The summed E-state index contributed by atoms with van der Waals surface area (Å²) in [6, 6.07) is 68.7. The monoisotopic (exact) mass is 621 g/mol. The lowest BCUT2D eigenvalue weighted by Crippen LogP contribution is -2.09. The highest BCUT2D eigenvalue weighted by atomic mass is 15.1. The quantitative estimate of drug-likeness (QED) is 0.177. The molecule has 0 aliphatic heterocycles. The van der Waals surface area contributed by atoms with E-state index in [1.807, 2.05) is 0 Å². The van der Waals surface area contributed by atoms with Gasteiger partial charge in [0.05, 0.1) is 0 Å². The third kappa shape index (κ3) is 4.33. The molecule has 0 bridgehead atoms. The largest absolute Gasteiger partial charge is 0.310 e. The fraction of sp³-hybridized carbons (Fsp3) is 0. The van der Waals surface area contributed by atoms with Gasteiger partial charge in [0.2, 0.25) is 0 Å². The summed E-state index contributed by atoms with van der Waals surface area (Å²) in [5.74, 6) is 0. The lowest BCUT2D eigenvalue weighted by atomic mass is 9.84. The molecule has 9 aromatic rings. The van der Waals surface area contributed by atoms with Gasteiger partial charge in [-0.3, -0.25) is 0 Å². The summed E-state index contributed by atoms with van der Waals surface area (Å²) >= 11 is 0. The van der Waals surface area contributed by atoms with E-state index in [9.17, 15) is 0 Å². The highest BCUT2D eigenvalue weighted by molar-refractivity contribution is 6.27. The van der Waals surface area contributed by atoms with Crippen molar-refractivity contribution in [3.05, 3.63) is 188 Å². The van der Waals surface area contributed by atoms with E-state index < -0.39 is 0 Å². The van der Waals surface area contributed by atoms with E-state index in [1.54, 1.807) is 0 Å². The minimum Gasteiger partial charge on any atom is -0.310 e. The Kier molecular flexibility index (Phi) is 6.25. The van der Waals surface area contributed by atoms with E-state index >= 15 is 0 Å². The topological polar surface area (TPSA) is 3.24 Å². The molecular weight excluding hydrogens is 591 g/mol. The molecule has 1 aliphatic carbocycles. The Morgan fingerprint density at radius 3 is 1.55 bits per heavy atom. The molecule has 0 amide bonds. The fourth-order valence-corrected chi connectivity index (χ4v) is 8.05. The minimum atomic E-state index is 1.12. The number of fused-ring (bicyclic) bond motifs is 8. The smallest absolute Gasteiger partial charge is 0.0468 e. The number of hydrogen-bond donors (Lipinski definition) is 0. The van der Waals surface area contributed by atoms with Crippen LogP contribution in [0.4, 0.5) is 17.1 Å². The van der Waals surface area contributed by atoms with Crippen LogP contribution < -0.4 is 4.90 Å². The van der Waals surface area contributed by atoms with Crippen molar-refractivity contribution in [1.29, 1.82) is 0 Å². The van der Waals surface area contributed by atoms with Gasteiger partial charge in [0.15, 0.2) is 0 Å². The molecule has 10 rings (SSSR count). The Balaban J connectivity index is 1.21. The second-order valence-electron chi connectivity index (χ2n) is 12.9. The van der Waals surface area contributed by atoms with Crippen LogP contribution in [0.3, 0.4) is 0 Å². The molecule has 0 atom stereocenters. The van der Waals surface area contributed by atoms with Crippen LogP contribution in [-0.2, 0) is 0 Å². The van der Waals surface area contributed by atoms with Crippen molar-refractivity contribution in [3.8, 4) is 44.5 Å². The number of nitrogens with zero attached hydrogens (tertiary/aromatic N) is 1. The third-order valence-electron chi connectivity index (χ3n) is 10.2. The Bertz CT molecular complexity index is 2700. The van der Waals surface area contributed by atoms with Gasteiger partial charge in [-0.15, -0.1) is 0 Å². The molecule has 0 radical (unpaired) electrons. The van der Waals surface area contributed by atoms with Crippen molar-refractivity contribution in [1.82, 2.24) is 0 Å². The molecule has 0 heterocycles. The van der Waals surface area contributed by atoms with Gasteiger partial charge >= 0.3 is 0 Å². The van der Waals surface area contributed by atoms with E-state index in [1.165, 1.54) is 76.8 Å². The predicted molar refractivity (Wildman–Crippen MR) is 209 cm³/mol. The summed E-state index contributed by atoms with van der Waals surface area (Å²) in [5.41, 5.74) is 13.6. The summed E-state index contributed by atoms with van der Waals surface area (Å²) in [6.45, 7) is 0. The summed E-state index contributed by atoms with van der Waals surface area (Å²) in [5, 5.41) is 7.62. The second-order valence-corrected chi connectivity index (χ2v) is 12.9. The molecular formula is C48H31N. The number of para-hydroxylation sites is 1. The van der Waals surface area contributed by atoms with Gasteiger partial charge in [-0.05, 0) is 113 Å². The van der Waals surface area contributed by atoms with Crippen LogP contribution in [0.25, 0.3) is 76.8 Å². The molecule has 228 valence electrons. The third-order valence-corrected chi connectivity index (χ3v) is 10.2. The maximum Gasteiger partial charge on any atom is 0.0468 e. The Labute approximate surface area is 286 Å². The summed E-state index contributed by atoms with van der Waals surface area (Å²) < 4.78 is 0. The summed E-state index contributed by atoms with van der Waals surface area (Å²) in [6.07, 6.45) is 0. The maximum absolute atomic E-state index is 2.35. The molecule has 0 spiro atoms. The first-order valence-electron chi connectivity index (χ1n) is 16.9. The van der Waals surface area contributed by atoms with Gasteiger partial charge in [-0.1, -0.05) is 152 Å². The van der Waals surface area contributed by atoms with E-state index in [4.69, 9.17) is 0 Å². The van der Waals surface area contributed by atoms with Crippen molar-refractivity contribution in [2.75, 3.05) is 4.90 Å². The fourth-order valence-electron chi connectivity index (χ4n) is 8.05. The lowest BCUT2D eigenvalue weighted by molar-refractivity contribution is 1.29. The van der Waals surface area contributed by atoms with Gasteiger partial charge in [0.25, 0.3) is 0 Å². The first kappa shape index (κ1) is 27.7. The molecule has 0 saturated carbocycles. The van der Waals surface area contributed by atoms with Crippen molar-refractivity contribution in [2.24, 2.45) is 0 Å². The molecule has 0 fully saturated rings. The van der Waals surface area contributed by atoms with Crippen molar-refractivity contribution < 1.29 is 0 Å². The van der Waals surface area contributed by atoms with Gasteiger partial charge in [0, 0.05) is 17.1 Å². The summed E-state index contributed by atoms with van der Waals surface area (Å²) in [7, 11) is 0. The van der Waals surface area contributed by atoms with Gasteiger partial charge < -0.3 is 4.90 Å². The Morgan fingerprint density at radius 1 is 0.286 bits per heavy atom. The predicted octanol–water partition coefficient (Wildman–Crippen LogP) is 13.6. The minimum absolute atomic E-state index is 1.12. The number of hydrogen-bond acceptors (Lipinski definition) is 1. The highest BCUT2D eigenvalue weighted by Gasteiger charge is 2.25. The zero-order valence-electron chi connectivity index (χ0n) is 26.8. The first-order chi connectivity index (χ1) is 24.3. The molecule has 0 N–H and O–H groups in total. The molecule has 1 heteroatoms. The molecule has 1 aliphatic rings. The van der Waals surface area contributed by atoms with E-state index in [0.29, 0.717) is 0 Å². The molecule has 0 unspecified atom stereocenters. The molecule has 0 aromatic heterocycles. The maximum atomic E-state index is 2.35. The van der Waals surface area contributed by atoms with Crippen LogP contribution in [0.2, 0.25) is 0 Å².